The molecule has 178 valence electrons. The average Bonchev–Trinajstić information content (AvgIpc) is 2.94. The Labute approximate surface area is 209 Å². The van der Waals surface area contributed by atoms with Crippen LogP contribution in [0.2, 0.25) is 0 Å². The summed E-state index contributed by atoms with van der Waals surface area (Å²) < 4.78 is 0. The summed E-state index contributed by atoms with van der Waals surface area (Å²) >= 11 is 0. The Kier molecular flexibility index (Phi) is 6.49. The lowest BCUT2D eigenvalue weighted by molar-refractivity contribution is 0.102. The number of hydrogen-bond donors (Lipinski definition) is 1. The van der Waals surface area contributed by atoms with Gasteiger partial charge in [0.05, 0.1) is 41.0 Å². The summed E-state index contributed by atoms with van der Waals surface area (Å²) in [7, 11) is 0. The number of amides is 1. The predicted octanol–water partition coefficient (Wildman–Crippen LogP) is 3.77. The quantitative estimate of drug-likeness (QED) is 0.463. The molecule has 5 rings (SSSR count). The predicted molar refractivity (Wildman–Crippen MR) is 138 cm³/mol. The van der Waals surface area contributed by atoms with E-state index in [1.165, 1.54) is 6.20 Å². The molecule has 1 aliphatic heterocycles. The minimum Gasteiger partial charge on any atom is -0.353 e. The highest BCUT2D eigenvalue weighted by atomic mass is 16.1. The summed E-state index contributed by atoms with van der Waals surface area (Å²) in [5.74, 6) is 1.32. The van der Waals surface area contributed by atoms with Crippen LogP contribution in [0.15, 0.2) is 79.4 Å². The monoisotopic (exact) mass is 476 g/mol. The van der Waals surface area contributed by atoms with Crippen LogP contribution in [0.4, 0.5) is 17.5 Å². The van der Waals surface area contributed by atoms with Crippen LogP contribution in [0, 0.1) is 11.3 Å². The zero-order valence-electron chi connectivity index (χ0n) is 19.7. The first-order chi connectivity index (χ1) is 17.6. The van der Waals surface area contributed by atoms with Crippen molar-refractivity contribution in [3.63, 3.8) is 0 Å². The van der Waals surface area contributed by atoms with Crippen LogP contribution >= 0.6 is 0 Å². The van der Waals surface area contributed by atoms with Crippen LogP contribution in [0.1, 0.15) is 22.8 Å². The molecule has 0 bridgehead atoms. The minimum absolute atomic E-state index is 0.210. The molecule has 1 atom stereocenters. The van der Waals surface area contributed by atoms with E-state index in [1.807, 2.05) is 36.5 Å². The van der Waals surface area contributed by atoms with Crippen molar-refractivity contribution in [2.75, 3.05) is 34.8 Å². The van der Waals surface area contributed by atoms with E-state index in [0.717, 1.165) is 36.7 Å². The lowest BCUT2D eigenvalue weighted by atomic mass is 10.1. The summed E-state index contributed by atoms with van der Waals surface area (Å²) in [5, 5.41) is 11.8. The maximum Gasteiger partial charge on any atom is 0.257 e. The maximum atomic E-state index is 12.7. The smallest absolute Gasteiger partial charge is 0.257 e. The van der Waals surface area contributed by atoms with E-state index in [4.69, 9.17) is 5.26 Å². The van der Waals surface area contributed by atoms with Gasteiger partial charge in [-0.1, -0.05) is 18.2 Å². The normalized spacial score (nSPS) is 15.3. The standard InChI is InChI=1S/C27H24N8O/c1-19-18-34(25-4-2-3-11-29-25)12-13-35(19)27-31-16-23(17-32-27)33-26(36)22-9-10-24(30-15-22)21-7-5-20(14-28)6-8-21/h2-11,15-17,19H,12-13,18H2,1H3,(H,33,36)/t19-/m0/s1. The lowest BCUT2D eigenvalue weighted by Gasteiger charge is -2.40. The molecule has 1 aromatic carbocycles. The molecule has 9 heteroatoms. The molecule has 0 unspecified atom stereocenters. The van der Waals surface area contributed by atoms with Crippen LogP contribution in [-0.2, 0) is 0 Å². The maximum absolute atomic E-state index is 12.7. The van der Waals surface area contributed by atoms with Crippen molar-refractivity contribution in [1.29, 1.82) is 5.26 Å². The van der Waals surface area contributed by atoms with Gasteiger partial charge in [0.15, 0.2) is 0 Å². The fraction of sp³-hybridized carbons (Fsp3) is 0.185. The molecular weight excluding hydrogens is 452 g/mol. The van der Waals surface area contributed by atoms with E-state index < -0.39 is 0 Å². The first-order valence-corrected chi connectivity index (χ1v) is 11.6. The second-order valence-electron chi connectivity index (χ2n) is 8.52. The number of nitrogens with zero attached hydrogens (tertiary/aromatic N) is 7. The van der Waals surface area contributed by atoms with Gasteiger partial charge >= 0.3 is 0 Å². The van der Waals surface area contributed by atoms with Gasteiger partial charge in [-0.2, -0.15) is 5.26 Å². The molecule has 1 fully saturated rings. The van der Waals surface area contributed by atoms with Crippen LogP contribution in [0.25, 0.3) is 11.3 Å². The summed E-state index contributed by atoms with van der Waals surface area (Å²) in [6.45, 7) is 4.57. The summed E-state index contributed by atoms with van der Waals surface area (Å²) in [4.78, 5) is 34.9. The number of pyridine rings is 2. The van der Waals surface area contributed by atoms with Gasteiger partial charge in [-0.3, -0.25) is 9.78 Å². The number of carbonyl (C=O) groups excluding carboxylic acids is 1. The van der Waals surface area contributed by atoms with Crippen LogP contribution in [-0.4, -0.2) is 51.5 Å². The van der Waals surface area contributed by atoms with Gasteiger partial charge in [0.25, 0.3) is 5.91 Å². The fourth-order valence-electron chi connectivity index (χ4n) is 4.16. The Morgan fingerprint density at radius 2 is 1.78 bits per heavy atom. The Hall–Kier alpha value is -4.84. The van der Waals surface area contributed by atoms with Crippen molar-refractivity contribution in [2.45, 2.75) is 13.0 Å². The summed E-state index contributed by atoms with van der Waals surface area (Å²) in [6.07, 6.45) is 6.58. The number of rotatable bonds is 5. The molecule has 4 heterocycles. The van der Waals surface area contributed by atoms with Crippen molar-refractivity contribution in [3.8, 4) is 17.3 Å². The Balaban J connectivity index is 1.20. The molecule has 0 saturated carbocycles. The zero-order chi connectivity index (χ0) is 24.9. The highest BCUT2D eigenvalue weighted by molar-refractivity contribution is 6.04. The van der Waals surface area contributed by atoms with Crippen molar-refractivity contribution < 1.29 is 4.79 Å². The zero-order valence-corrected chi connectivity index (χ0v) is 19.7. The van der Waals surface area contributed by atoms with Crippen LogP contribution in [0.3, 0.4) is 0 Å². The number of aromatic nitrogens is 4. The SMILES string of the molecule is C[C@H]1CN(c2ccccn2)CCN1c1ncc(NC(=O)c2ccc(-c3ccc(C#N)cc3)nc2)cn1. The molecule has 0 aliphatic carbocycles. The number of piperazine rings is 1. The molecule has 4 aromatic rings. The minimum atomic E-state index is -0.289. The van der Waals surface area contributed by atoms with E-state index in [0.29, 0.717) is 22.8 Å². The molecule has 9 nitrogen and oxygen atoms in total. The molecule has 0 radical (unpaired) electrons. The molecule has 1 saturated heterocycles. The lowest BCUT2D eigenvalue weighted by Crippen LogP contribution is -2.53. The Morgan fingerprint density at radius 1 is 0.972 bits per heavy atom. The highest BCUT2D eigenvalue weighted by Crippen LogP contribution is 2.21. The fourth-order valence-corrected chi connectivity index (χ4v) is 4.16. The molecular formula is C27H24N8O. The highest BCUT2D eigenvalue weighted by Gasteiger charge is 2.26. The third kappa shape index (κ3) is 4.98. The van der Waals surface area contributed by atoms with E-state index in [-0.39, 0.29) is 11.9 Å². The number of benzene rings is 1. The topological polar surface area (TPSA) is 111 Å². The van der Waals surface area contributed by atoms with Gasteiger partial charge in [-0.25, -0.2) is 15.0 Å². The third-order valence-corrected chi connectivity index (χ3v) is 6.09. The second-order valence-corrected chi connectivity index (χ2v) is 8.52. The number of nitriles is 1. The van der Waals surface area contributed by atoms with E-state index in [2.05, 4.69) is 48.0 Å². The van der Waals surface area contributed by atoms with Crippen molar-refractivity contribution >= 4 is 23.4 Å². The van der Waals surface area contributed by atoms with Gasteiger partial charge < -0.3 is 15.1 Å². The molecule has 1 N–H and O–H groups in total. The van der Waals surface area contributed by atoms with Crippen molar-refractivity contribution in [1.82, 2.24) is 19.9 Å². The van der Waals surface area contributed by atoms with Crippen molar-refractivity contribution in [3.05, 3.63) is 90.5 Å². The number of hydrogen-bond acceptors (Lipinski definition) is 8. The van der Waals surface area contributed by atoms with E-state index >= 15 is 0 Å². The molecule has 1 amide bonds. The van der Waals surface area contributed by atoms with Crippen LogP contribution < -0.4 is 15.1 Å². The van der Waals surface area contributed by atoms with Gasteiger partial charge in [-0.15, -0.1) is 0 Å². The first kappa shape index (κ1) is 22.9. The molecule has 1 aliphatic rings. The number of nitrogens with one attached hydrogen (secondary N) is 1. The Morgan fingerprint density at radius 3 is 2.42 bits per heavy atom. The molecule has 3 aromatic heterocycles. The second kappa shape index (κ2) is 10.2. The summed E-state index contributed by atoms with van der Waals surface area (Å²) in [6, 6.07) is 18.9. The molecule has 36 heavy (non-hydrogen) atoms. The number of anilines is 3. The van der Waals surface area contributed by atoms with E-state index in [9.17, 15) is 4.79 Å². The first-order valence-electron chi connectivity index (χ1n) is 11.6. The van der Waals surface area contributed by atoms with Gasteiger partial charge in [-0.05, 0) is 43.3 Å². The Bertz CT molecular complexity index is 1370. The van der Waals surface area contributed by atoms with E-state index in [1.54, 1.807) is 36.7 Å². The van der Waals surface area contributed by atoms with Gasteiger partial charge in [0.1, 0.15) is 5.82 Å². The average molecular weight is 477 g/mol. The van der Waals surface area contributed by atoms with Crippen molar-refractivity contribution in [2.24, 2.45) is 0 Å². The third-order valence-electron chi connectivity index (χ3n) is 6.09. The number of carbonyl (C=O) groups is 1. The van der Waals surface area contributed by atoms with Gasteiger partial charge in [0.2, 0.25) is 5.95 Å². The van der Waals surface area contributed by atoms with Crippen LogP contribution in [0.5, 0.6) is 0 Å². The van der Waals surface area contributed by atoms with Gasteiger partial charge in [0, 0.05) is 43.6 Å². The summed E-state index contributed by atoms with van der Waals surface area (Å²) in [5.41, 5.74) is 3.13. The largest absolute Gasteiger partial charge is 0.353 e. The molecule has 0 spiro atoms.